The van der Waals surface area contributed by atoms with Gasteiger partial charge in [0.1, 0.15) is 4.83 Å². The Kier molecular flexibility index (Phi) is 3.23. The first-order chi connectivity index (χ1) is 8.08. The van der Waals surface area contributed by atoms with E-state index in [1.807, 2.05) is 13.8 Å². The van der Waals surface area contributed by atoms with Crippen molar-refractivity contribution < 1.29 is 4.79 Å². The second-order valence-electron chi connectivity index (χ2n) is 4.04. The van der Waals surface area contributed by atoms with Gasteiger partial charge in [0.15, 0.2) is 0 Å². The summed E-state index contributed by atoms with van der Waals surface area (Å²) in [7, 11) is 0. The molecule has 0 aliphatic carbocycles. The standard InChI is InChI=1S/C11H13N3O2S/c1-6(2)9(15)12-4-7-3-8-10(16)13-5-14-11(8)17-7/h3,5-6H,4H2,1-2H3,(H,12,15)(H,13,14,16). The summed E-state index contributed by atoms with van der Waals surface area (Å²) in [6.07, 6.45) is 1.39. The third-order valence-corrected chi connectivity index (χ3v) is 3.39. The van der Waals surface area contributed by atoms with Crippen LogP contribution in [0.2, 0.25) is 0 Å². The highest BCUT2D eigenvalue weighted by molar-refractivity contribution is 7.18. The van der Waals surface area contributed by atoms with Gasteiger partial charge in [-0.25, -0.2) is 4.98 Å². The van der Waals surface area contributed by atoms with Gasteiger partial charge in [-0.2, -0.15) is 0 Å². The molecule has 0 spiro atoms. The van der Waals surface area contributed by atoms with E-state index in [0.29, 0.717) is 16.8 Å². The van der Waals surface area contributed by atoms with Gasteiger partial charge in [0.2, 0.25) is 5.91 Å². The lowest BCUT2D eigenvalue weighted by atomic mass is 10.2. The van der Waals surface area contributed by atoms with E-state index in [4.69, 9.17) is 0 Å². The van der Waals surface area contributed by atoms with Gasteiger partial charge in [-0.1, -0.05) is 13.8 Å². The van der Waals surface area contributed by atoms with Crippen molar-refractivity contribution in [2.45, 2.75) is 20.4 Å². The maximum atomic E-state index is 11.5. The van der Waals surface area contributed by atoms with Gasteiger partial charge >= 0.3 is 0 Å². The normalized spacial score (nSPS) is 11.0. The van der Waals surface area contributed by atoms with E-state index in [2.05, 4.69) is 15.3 Å². The average Bonchev–Trinajstić information content (AvgIpc) is 2.70. The first kappa shape index (κ1) is 11.8. The average molecular weight is 251 g/mol. The van der Waals surface area contributed by atoms with Crippen LogP contribution in [0.25, 0.3) is 10.2 Å². The van der Waals surface area contributed by atoms with Crippen molar-refractivity contribution in [1.29, 1.82) is 0 Å². The maximum Gasteiger partial charge on any atom is 0.259 e. The van der Waals surface area contributed by atoms with Crippen molar-refractivity contribution >= 4 is 27.5 Å². The summed E-state index contributed by atoms with van der Waals surface area (Å²) in [5, 5.41) is 3.39. The molecular weight excluding hydrogens is 238 g/mol. The Hall–Kier alpha value is -1.69. The minimum absolute atomic E-state index is 0.00400. The van der Waals surface area contributed by atoms with Gasteiger partial charge < -0.3 is 10.3 Å². The Morgan fingerprint density at radius 3 is 3.00 bits per heavy atom. The molecule has 90 valence electrons. The Morgan fingerprint density at radius 1 is 1.59 bits per heavy atom. The summed E-state index contributed by atoms with van der Waals surface area (Å²) in [5.74, 6) is -0.0322. The molecule has 2 aromatic rings. The summed E-state index contributed by atoms with van der Waals surface area (Å²) in [5.41, 5.74) is -0.146. The Bertz CT molecular complexity index is 600. The quantitative estimate of drug-likeness (QED) is 0.862. The van der Waals surface area contributed by atoms with Crippen molar-refractivity contribution in [3.8, 4) is 0 Å². The van der Waals surface area contributed by atoms with Gasteiger partial charge in [0, 0.05) is 10.8 Å². The molecule has 0 radical (unpaired) electrons. The first-order valence-corrected chi connectivity index (χ1v) is 6.13. The smallest absolute Gasteiger partial charge is 0.259 e. The van der Waals surface area contributed by atoms with Crippen LogP contribution in [0.5, 0.6) is 0 Å². The lowest BCUT2D eigenvalue weighted by molar-refractivity contribution is -0.124. The lowest BCUT2D eigenvalue weighted by Crippen LogP contribution is -2.26. The molecule has 0 aromatic carbocycles. The molecule has 1 amide bonds. The third-order valence-electron chi connectivity index (χ3n) is 2.35. The van der Waals surface area contributed by atoms with Crippen LogP contribution in [-0.4, -0.2) is 15.9 Å². The molecule has 0 atom stereocenters. The molecule has 5 nitrogen and oxygen atoms in total. The molecule has 6 heteroatoms. The number of aromatic amines is 1. The number of nitrogens with one attached hydrogen (secondary N) is 2. The number of thiophene rings is 1. The number of fused-ring (bicyclic) bond motifs is 1. The van der Waals surface area contributed by atoms with E-state index < -0.39 is 0 Å². The number of H-pyrrole nitrogens is 1. The molecule has 17 heavy (non-hydrogen) atoms. The molecule has 2 N–H and O–H groups in total. The number of amides is 1. The van der Waals surface area contributed by atoms with E-state index in [1.54, 1.807) is 6.07 Å². The van der Waals surface area contributed by atoms with Crippen LogP contribution >= 0.6 is 11.3 Å². The fourth-order valence-corrected chi connectivity index (χ4v) is 2.32. The van der Waals surface area contributed by atoms with Crippen LogP contribution in [-0.2, 0) is 11.3 Å². The molecule has 0 fully saturated rings. The molecule has 0 aliphatic heterocycles. The Labute approximate surface area is 102 Å². The zero-order valence-electron chi connectivity index (χ0n) is 9.61. The predicted molar refractivity (Wildman–Crippen MR) is 66.9 cm³/mol. The van der Waals surface area contributed by atoms with Crippen molar-refractivity contribution in [3.63, 3.8) is 0 Å². The van der Waals surface area contributed by atoms with Gasteiger partial charge in [-0.3, -0.25) is 9.59 Å². The monoisotopic (exact) mass is 251 g/mol. The number of hydrogen-bond acceptors (Lipinski definition) is 4. The van der Waals surface area contributed by atoms with E-state index >= 15 is 0 Å². The molecule has 0 unspecified atom stereocenters. The van der Waals surface area contributed by atoms with E-state index in [-0.39, 0.29) is 17.4 Å². The van der Waals surface area contributed by atoms with Crippen molar-refractivity contribution in [1.82, 2.24) is 15.3 Å². The van der Waals surface area contributed by atoms with E-state index in [9.17, 15) is 9.59 Å². The minimum Gasteiger partial charge on any atom is -0.351 e. The topological polar surface area (TPSA) is 74.8 Å². The molecule has 2 heterocycles. The molecule has 0 saturated heterocycles. The first-order valence-electron chi connectivity index (χ1n) is 5.31. The number of hydrogen-bond donors (Lipinski definition) is 2. The van der Waals surface area contributed by atoms with Crippen LogP contribution in [0, 0.1) is 5.92 Å². The second kappa shape index (κ2) is 4.67. The van der Waals surface area contributed by atoms with E-state index in [0.717, 1.165) is 4.88 Å². The molecule has 0 bridgehead atoms. The van der Waals surface area contributed by atoms with Gasteiger partial charge in [-0.15, -0.1) is 11.3 Å². The highest BCUT2D eigenvalue weighted by Gasteiger charge is 2.09. The number of rotatable bonds is 3. The summed E-state index contributed by atoms with van der Waals surface area (Å²) in [6, 6.07) is 1.77. The summed E-state index contributed by atoms with van der Waals surface area (Å²) in [6.45, 7) is 4.12. The fourth-order valence-electron chi connectivity index (χ4n) is 1.38. The summed E-state index contributed by atoms with van der Waals surface area (Å²) in [4.78, 5) is 31.1. The maximum absolute atomic E-state index is 11.5. The van der Waals surface area contributed by atoms with Crippen LogP contribution < -0.4 is 10.9 Å². The lowest BCUT2D eigenvalue weighted by Gasteiger charge is -2.05. The SMILES string of the molecule is CC(C)C(=O)NCc1cc2c(=O)[nH]cnc2s1. The van der Waals surface area contributed by atoms with Crippen molar-refractivity contribution in [2.75, 3.05) is 0 Å². The van der Waals surface area contributed by atoms with Gasteiger partial charge in [0.25, 0.3) is 5.56 Å². The van der Waals surface area contributed by atoms with Crippen LogP contribution in [0.1, 0.15) is 18.7 Å². The van der Waals surface area contributed by atoms with Crippen molar-refractivity contribution in [2.24, 2.45) is 5.92 Å². The summed E-state index contributed by atoms with van der Waals surface area (Å²) >= 11 is 1.42. The minimum atomic E-state index is -0.146. The zero-order chi connectivity index (χ0) is 12.4. The largest absolute Gasteiger partial charge is 0.351 e. The summed E-state index contributed by atoms with van der Waals surface area (Å²) < 4.78 is 0. The van der Waals surface area contributed by atoms with Crippen LogP contribution in [0.4, 0.5) is 0 Å². The van der Waals surface area contributed by atoms with Crippen LogP contribution in [0.3, 0.4) is 0 Å². The molecular formula is C11H13N3O2S. The van der Waals surface area contributed by atoms with Gasteiger partial charge in [0.05, 0.1) is 18.3 Å². The highest BCUT2D eigenvalue weighted by atomic mass is 32.1. The number of nitrogens with zero attached hydrogens (tertiary/aromatic N) is 1. The number of carbonyl (C=O) groups is 1. The molecule has 2 aromatic heterocycles. The molecule has 0 saturated carbocycles. The third kappa shape index (κ3) is 2.52. The zero-order valence-corrected chi connectivity index (χ0v) is 10.4. The predicted octanol–water partition coefficient (Wildman–Crippen LogP) is 1.26. The van der Waals surface area contributed by atoms with E-state index in [1.165, 1.54) is 17.7 Å². The van der Waals surface area contributed by atoms with Crippen LogP contribution in [0.15, 0.2) is 17.2 Å². The molecule has 2 rings (SSSR count). The fraction of sp³-hybridized carbons (Fsp3) is 0.364. The Balaban J connectivity index is 2.18. The number of carbonyl (C=O) groups excluding carboxylic acids is 1. The Morgan fingerprint density at radius 2 is 2.35 bits per heavy atom. The van der Waals surface area contributed by atoms with Crippen molar-refractivity contribution in [3.05, 3.63) is 27.6 Å². The van der Waals surface area contributed by atoms with Gasteiger partial charge in [-0.05, 0) is 6.07 Å². The highest BCUT2D eigenvalue weighted by Crippen LogP contribution is 2.20. The second-order valence-corrected chi connectivity index (χ2v) is 5.15. The number of aromatic nitrogens is 2. The molecule has 0 aliphatic rings.